The van der Waals surface area contributed by atoms with Gasteiger partial charge in [-0.25, -0.2) is 0 Å². The van der Waals surface area contributed by atoms with E-state index in [1.54, 1.807) is 6.42 Å². The lowest BCUT2D eigenvalue weighted by Crippen LogP contribution is -2.13. The van der Waals surface area contributed by atoms with Crippen molar-refractivity contribution in [2.24, 2.45) is 29.1 Å². The van der Waals surface area contributed by atoms with Gasteiger partial charge < -0.3 is 0 Å². The first-order valence-corrected chi connectivity index (χ1v) is 8.02. The van der Waals surface area contributed by atoms with Gasteiger partial charge in [-0.15, -0.1) is 0 Å². The fraction of sp³-hybridized carbons (Fsp3) is 1.00. The molecule has 0 amide bonds. The Morgan fingerprint density at radius 2 is 1.71 bits per heavy atom. The Balaban J connectivity index is 1.60. The standard InChI is InChI=1S/C17H32/c1-5-6-7-15-11-16(15)12-17(3,4)9-8-14-10-13(14)2/h13-16H,5-12H2,1-4H3. The van der Waals surface area contributed by atoms with Crippen molar-refractivity contribution in [3.63, 3.8) is 0 Å². The molecule has 2 aliphatic carbocycles. The predicted octanol–water partition coefficient (Wildman–Crippen LogP) is 5.67. The van der Waals surface area contributed by atoms with Crippen LogP contribution in [0.2, 0.25) is 0 Å². The second-order valence-corrected chi connectivity index (χ2v) is 7.78. The van der Waals surface area contributed by atoms with Crippen LogP contribution in [-0.2, 0) is 0 Å². The van der Waals surface area contributed by atoms with Crippen LogP contribution in [0, 0.1) is 29.1 Å². The van der Waals surface area contributed by atoms with E-state index in [4.69, 9.17) is 0 Å². The maximum atomic E-state index is 2.51. The van der Waals surface area contributed by atoms with Crippen LogP contribution in [0.15, 0.2) is 0 Å². The third kappa shape index (κ3) is 4.30. The molecular formula is C17H32. The maximum Gasteiger partial charge on any atom is -0.0351 e. The van der Waals surface area contributed by atoms with E-state index in [0.29, 0.717) is 5.41 Å². The summed E-state index contributed by atoms with van der Waals surface area (Å²) >= 11 is 0. The van der Waals surface area contributed by atoms with Crippen molar-refractivity contribution in [2.45, 2.75) is 79.1 Å². The van der Waals surface area contributed by atoms with E-state index in [2.05, 4.69) is 27.7 Å². The van der Waals surface area contributed by atoms with Crippen molar-refractivity contribution < 1.29 is 0 Å². The summed E-state index contributed by atoms with van der Waals surface area (Å²) in [6.45, 7) is 9.75. The average Bonchev–Trinajstić information content (AvgIpc) is 3.13. The van der Waals surface area contributed by atoms with Crippen LogP contribution in [-0.4, -0.2) is 0 Å². The molecule has 2 fully saturated rings. The topological polar surface area (TPSA) is 0 Å². The highest BCUT2D eigenvalue weighted by atomic mass is 14.5. The molecule has 0 aromatic heterocycles. The molecule has 2 rings (SSSR count). The van der Waals surface area contributed by atoms with Crippen molar-refractivity contribution >= 4 is 0 Å². The SMILES string of the molecule is CCCCC1CC1CC(C)(C)CCC1CC1C. The Kier molecular flexibility index (Phi) is 4.21. The molecule has 0 spiro atoms. The van der Waals surface area contributed by atoms with Gasteiger partial charge in [-0.1, -0.05) is 47.0 Å². The molecule has 4 atom stereocenters. The van der Waals surface area contributed by atoms with E-state index in [9.17, 15) is 0 Å². The smallest absolute Gasteiger partial charge is 0.0351 e. The molecule has 0 N–H and O–H groups in total. The lowest BCUT2D eigenvalue weighted by atomic mass is 9.81. The van der Waals surface area contributed by atoms with Crippen LogP contribution in [0.4, 0.5) is 0 Å². The van der Waals surface area contributed by atoms with Gasteiger partial charge in [0.2, 0.25) is 0 Å². The molecule has 2 aliphatic rings. The second kappa shape index (κ2) is 5.33. The Bertz CT molecular complexity index is 240. The third-order valence-electron chi connectivity index (χ3n) is 5.28. The van der Waals surface area contributed by atoms with Gasteiger partial charge in [0.25, 0.3) is 0 Å². The van der Waals surface area contributed by atoms with Gasteiger partial charge in [0.1, 0.15) is 0 Å². The van der Waals surface area contributed by atoms with Crippen LogP contribution < -0.4 is 0 Å². The Hall–Kier alpha value is 0. The highest BCUT2D eigenvalue weighted by Crippen LogP contribution is 2.51. The monoisotopic (exact) mass is 236 g/mol. The van der Waals surface area contributed by atoms with Crippen LogP contribution >= 0.6 is 0 Å². The summed E-state index contributed by atoms with van der Waals surface area (Å²) in [5, 5.41) is 0. The highest BCUT2D eigenvalue weighted by molar-refractivity contribution is 4.91. The molecule has 0 bridgehead atoms. The van der Waals surface area contributed by atoms with Crippen molar-refractivity contribution in [1.29, 1.82) is 0 Å². The molecule has 17 heavy (non-hydrogen) atoms. The minimum absolute atomic E-state index is 0.619. The minimum Gasteiger partial charge on any atom is -0.0654 e. The molecule has 0 heteroatoms. The summed E-state index contributed by atoms with van der Waals surface area (Å²) in [5.41, 5.74) is 0.619. The number of rotatable bonds is 8. The summed E-state index contributed by atoms with van der Waals surface area (Å²) in [6, 6.07) is 0. The molecule has 0 radical (unpaired) electrons. The van der Waals surface area contributed by atoms with Crippen molar-refractivity contribution in [3.05, 3.63) is 0 Å². The normalized spacial score (nSPS) is 36.0. The molecule has 0 nitrogen and oxygen atoms in total. The Morgan fingerprint density at radius 3 is 2.29 bits per heavy atom. The fourth-order valence-corrected chi connectivity index (χ4v) is 3.57. The molecular weight excluding hydrogens is 204 g/mol. The van der Waals surface area contributed by atoms with Gasteiger partial charge in [-0.3, -0.25) is 0 Å². The number of unbranched alkanes of at least 4 members (excludes halogenated alkanes) is 1. The largest absolute Gasteiger partial charge is 0.0654 e. The zero-order valence-corrected chi connectivity index (χ0v) is 12.5. The first-order chi connectivity index (χ1) is 8.02. The summed E-state index contributed by atoms with van der Waals surface area (Å²) < 4.78 is 0. The summed E-state index contributed by atoms with van der Waals surface area (Å²) in [5.74, 6) is 4.33. The van der Waals surface area contributed by atoms with Crippen molar-refractivity contribution in [3.8, 4) is 0 Å². The van der Waals surface area contributed by atoms with Gasteiger partial charge in [0.15, 0.2) is 0 Å². The van der Waals surface area contributed by atoms with E-state index < -0.39 is 0 Å². The number of hydrogen-bond donors (Lipinski definition) is 0. The van der Waals surface area contributed by atoms with Crippen LogP contribution in [0.5, 0.6) is 0 Å². The van der Waals surface area contributed by atoms with Crippen molar-refractivity contribution in [2.75, 3.05) is 0 Å². The van der Waals surface area contributed by atoms with E-state index in [0.717, 1.165) is 23.7 Å². The molecule has 100 valence electrons. The summed E-state index contributed by atoms with van der Waals surface area (Å²) in [6.07, 6.45) is 11.9. The van der Waals surface area contributed by atoms with Gasteiger partial charge in [-0.2, -0.15) is 0 Å². The lowest BCUT2D eigenvalue weighted by Gasteiger charge is -2.25. The molecule has 0 heterocycles. The van der Waals surface area contributed by atoms with E-state index in [1.165, 1.54) is 44.9 Å². The molecule has 0 aliphatic heterocycles. The van der Waals surface area contributed by atoms with Gasteiger partial charge in [0.05, 0.1) is 0 Å². The maximum absolute atomic E-state index is 2.51. The zero-order chi connectivity index (χ0) is 12.5. The first-order valence-electron chi connectivity index (χ1n) is 8.02. The van der Waals surface area contributed by atoms with E-state index in [-0.39, 0.29) is 0 Å². The Labute approximate surface area is 109 Å². The lowest BCUT2D eigenvalue weighted by molar-refractivity contribution is 0.267. The molecule has 0 aromatic carbocycles. The summed E-state index contributed by atoms with van der Waals surface area (Å²) in [4.78, 5) is 0. The number of hydrogen-bond acceptors (Lipinski definition) is 0. The highest BCUT2D eigenvalue weighted by Gasteiger charge is 2.40. The van der Waals surface area contributed by atoms with Crippen LogP contribution in [0.1, 0.15) is 79.1 Å². The van der Waals surface area contributed by atoms with Crippen LogP contribution in [0.25, 0.3) is 0 Å². The average molecular weight is 236 g/mol. The van der Waals surface area contributed by atoms with Gasteiger partial charge in [-0.05, 0) is 61.2 Å². The van der Waals surface area contributed by atoms with Crippen LogP contribution in [0.3, 0.4) is 0 Å². The second-order valence-electron chi connectivity index (χ2n) is 7.78. The molecule has 2 saturated carbocycles. The van der Waals surface area contributed by atoms with E-state index >= 15 is 0 Å². The van der Waals surface area contributed by atoms with Gasteiger partial charge >= 0.3 is 0 Å². The minimum atomic E-state index is 0.619. The Morgan fingerprint density at radius 1 is 1.00 bits per heavy atom. The third-order valence-corrected chi connectivity index (χ3v) is 5.28. The molecule has 4 unspecified atom stereocenters. The zero-order valence-electron chi connectivity index (χ0n) is 12.5. The quantitative estimate of drug-likeness (QED) is 0.509. The first kappa shape index (κ1) is 13.4. The van der Waals surface area contributed by atoms with E-state index in [1.807, 2.05) is 0 Å². The fourth-order valence-electron chi connectivity index (χ4n) is 3.57. The molecule has 0 aromatic rings. The van der Waals surface area contributed by atoms with Crippen molar-refractivity contribution in [1.82, 2.24) is 0 Å². The predicted molar refractivity (Wildman–Crippen MR) is 76.0 cm³/mol. The summed E-state index contributed by atoms with van der Waals surface area (Å²) in [7, 11) is 0. The van der Waals surface area contributed by atoms with Gasteiger partial charge in [0, 0.05) is 0 Å². The molecule has 0 saturated heterocycles.